The van der Waals surface area contributed by atoms with Crippen LogP contribution in [0.1, 0.15) is 24.8 Å². The molecule has 4 nitrogen and oxygen atoms in total. The predicted octanol–water partition coefficient (Wildman–Crippen LogP) is 2.06. The van der Waals surface area contributed by atoms with Crippen molar-refractivity contribution in [2.75, 3.05) is 33.8 Å². The van der Waals surface area contributed by atoms with Crippen LogP contribution in [0, 0.1) is 0 Å². The fourth-order valence-electron chi connectivity index (χ4n) is 2.66. The fraction of sp³-hybridized carbons (Fsp3) is 0.625. The molecule has 4 heteroatoms. The highest BCUT2D eigenvalue weighted by atomic mass is 16.5. The molecule has 0 aliphatic carbocycles. The van der Waals surface area contributed by atoms with Crippen molar-refractivity contribution in [1.82, 2.24) is 4.90 Å². The second kappa shape index (κ2) is 7.50. The molecule has 0 spiro atoms. The van der Waals surface area contributed by atoms with E-state index in [4.69, 9.17) is 15.2 Å². The van der Waals surface area contributed by atoms with Gasteiger partial charge in [-0.2, -0.15) is 0 Å². The fourth-order valence-corrected chi connectivity index (χ4v) is 2.66. The highest BCUT2D eigenvalue weighted by Gasteiger charge is 2.20. The number of nitrogens with two attached hydrogens (primary N) is 1. The minimum absolute atomic E-state index is 0.296. The third kappa shape index (κ3) is 3.87. The zero-order chi connectivity index (χ0) is 14.4. The summed E-state index contributed by atoms with van der Waals surface area (Å²) in [5.41, 5.74) is 6.78. The number of ether oxygens (including phenoxy) is 2. The number of benzene rings is 1. The van der Waals surface area contributed by atoms with Crippen LogP contribution in [0.3, 0.4) is 0 Å². The second-order valence-electron chi connectivity index (χ2n) is 5.46. The average molecular weight is 278 g/mol. The van der Waals surface area contributed by atoms with Gasteiger partial charge in [-0.05, 0) is 50.9 Å². The van der Waals surface area contributed by atoms with Gasteiger partial charge in [-0.1, -0.05) is 12.1 Å². The second-order valence-corrected chi connectivity index (χ2v) is 5.46. The Hall–Kier alpha value is -1.26. The van der Waals surface area contributed by atoms with Crippen molar-refractivity contribution in [3.8, 4) is 11.5 Å². The van der Waals surface area contributed by atoms with E-state index in [2.05, 4.69) is 18.0 Å². The van der Waals surface area contributed by atoms with Crippen molar-refractivity contribution in [2.24, 2.45) is 5.73 Å². The molecule has 20 heavy (non-hydrogen) atoms. The van der Waals surface area contributed by atoms with Gasteiger partial charge in [-0.25, -0.2) is 0 Å². The van der Waals surface area contributed by atoms with Gasteiger partial charge in [0.15, 0.2) is 11.5 Å². The molecule has 1 aromatic rings. The van der Waals surface area contributed by atoms with E-state index in [0.29, 0.717) is 12.6 Å². The summed E-state index contributed by atoms with van der Waals surface area (Å²) in [6, 6.07) is 6.14. The summed E-state index contributed by atoms with van der Waals surface area (Å²) in [7, 11) is 3.87. The van der Waals surface area contributed by atoms with Crippen LogP contribution in [0.15, 0.2) is 18.2 Å². The Balaban J connectivity index is 2.06. The van der Waals surface area contributed by atoms with Gasteiger partial charge in [0.2, 0.25) is 0 Å². The lowest BCUT2D eigenvalue weighted by Crippen LogP contribution is -2.35. The summed E-state index contributed by atoms with van der Waals surface area (Å²) in [6.07, 6.45) is 4.35. The molecule has 112 valence electrons. The number of likely N-dealkylation sites (tertiary alicyclic amines) is 1. The Labute approximate surface area is 121 Å². The third-order valence-corrected chi connectivity index (χ3v) is 3.87. The quantitative estimate of drug-likeness (QED) is 0.865. The van der Waals surface area contributed by atoms with Crippen LogP contribution < -0.4 is 15.2 Å². The van der Waals surface area contributed by atoms with Gasteiger partial charge in [0.1, 0.15) is 6.10 Å². The molecule has 0 amide bonds. The summed E-state index contributed by atoms with van der Waals surface area (Å²) < 4.78 is 11.7. The molecule has 1 saturated heterocycles. The molecule has 2 N–H and O–H groups in total. The van der Waals surface area contributed by atoms with Crippen molar-refractivity contribution in [2.45, 2.75) is 31.8 Å². The van der Waals surface area contributed by atoms with E-state index in [9.17, 15) is 0 Å². The van der Waals surface area contributed by atoms with E-state index >= 15 is 0 Å². The number of nitrogens with zero attached hydrogens (tertiary/aromatic N) is 1. The van der Waals surface area contributed by atoms with Gasteiger partial charge in [-0.3, -0.25) is 0 Å². The Kier molecular flexibility index (Phi) is 5.68. The van der Waals surface area contributed by atoms with Gasteiger partial charge in [0.25, 0.3) is 0 Å². The molecule has 1 heterocycles. The molecular formula is C16H26N2O2. The van der Waals surface area contributed by atoms with Crippen LogP contribution in [0.5, 0.6) is 11.5 Å². The maximum absolute atomic E-state index is 6.16. The van der Waals surface area contributed by atoms with Crippen LogP contribution in [0.2, 0.25) is 0 Å². The summed E-state index contributed by atoms with van der Waals surface area (Å²) in [5, 5.41) is 0. The SMILES string of the molecule is COc1c(CCCN)cccc1OC1CCN(C)CC1. The summed E-state index contributed by atoms with van der Waals surface area (Å²) in [4.78, 5) is 2.34. The van der Waals surface area contributed by atoms with Crippen molar-refractivity contribution in [1.29, 1.82) is 0 Å². The van der Waals surface area contributed by atoms with E-state index < -0.39 is 0 Å². The van der Waals surface area contributed by atoms with Crippen LogP contribution in [0.25, 0.3) is 0 Å². The van der Waals surface area contributed by atoms with E-state index in [1.165, 1.54) is 5.56 Å². The van der Waals surface area contributed by atoms with Crippen LogP contribution >= 0.6 is 0 Å². The highest BCUT2D eigenvalue weighted by molar-refractivity contribution is 5.46. The van der Waals surface area contributed by atoms with E-state index in [1.807, 2.05) is 12.1 Å². The van der Waals surface area contributed by atoms with E-state index in [0.717, 1.165) is 50.3 Å². The zero-order valence-corrected chi connectivity index (χ0v) is 12.6. The molecular weight excluding hydrogens is 252 g/mol. The molecule has 0 atom stereocenters. The summed E-state index contributed by atoms with van der Waals surface area (Å²) in [5.74, 6) is 1.75. The Morgan fingerprint density at radius 3 is 2.70 bits per heavy atom. The van der Waals surface area contributed by atoms with Gasteiger partial charge in [-0.15, -0.1) is 0 Å². The Morgan fingerprint density at radius 2 is 2.05 bits per heavy atom. The average Bonchev–Trinajstić information content (AvgIpc) is 2.47. The molecule has 2 rings (SSSR count). The van der Waals surface area contributed by atoms with Gasteiger partial charge in [0.05, 0.1) is 7.11 Å². The molecule has 0 unspecified atom stereocenters. The molecule has 1 fully saturated rings. The maximum Gasteiger partial charge on any atom is 0.163 e. The smallest absolute Gasteiger partial charge is 0.163 e. The summed E-state index contributed by atoms with van der Waals surface area (Å²) in [6.45, 7) is 2.89. The van der Waals surface area contributed by atoms with Crippen molar-refractivity contribution < 1.29 is 9.47 Å². The normalized spacial score (nSPS) is 17.1. The molecule has 0 aromatic heterocycles. The number of aryl methyl sites for hydroxylation is 1. The van der Waals surface area contributed by atoms with E-state index in [1.54, 1.807) is 7.11 Å². The first-order valence-corrected chi connectivity index (χ1v) is 7.45. The topological polar surface area (TPSA) is 47.7 Å². The zero-order valence-electron chi connectivity index (χ0n) is 12.6. The minimum atomic E-state index is 0.296. The first-order valence-electron chi connectivity index (χ1n) is 7.45. The molecule has 0 saturated carbocycles. The first kappa shape index (κ1) is 15.1. The van der Waals surface area contributed by atoms with Crippen LogP contribution in [-0.2, 0) is 6.42 Å². The molecule has 1 aliphatic rings. The number of piperidine rings is 1. The number of hydrogen-bond acceptors (Lipinski definition) is 4. The molecule has 0 bridgehead atoms. The highest BCUT2D eigenvalue weighted by Crippen LogP contribution is 2.33. The number of hydrogen-bond donors (Lipinski definition) is 1. The van der Waals surface area contributed by atoms with E-state index in [-0.39, 0.29) is 0 Å². The molecule has 1 aromatic carbocycles. The maximum atomic E-state index is 6.16. The monoisotopic (exact) mass is 278 g/mol. The lowest BCUT2D eigenvalue weighted by atomic mass is 10.1. The van der Waals surface area contributed by atoms with Crippen molar-refractivity contribution in [3.63, 3.8) is 0 Å². The van der Waals surface area contributed by atoms with Crippen molar-refractivity contribution in [3.05, 3.63) is 23.8 Å². The first-order chi connectivity index (χ1) is 9.74. The lowest BCUT2D eigenvalue weighted by molar-refractivity contribution is 0.111. The standard InChI is InChI=1S/C16H26N2O2/c1-18-11-8-14(9-12-18)20-15-7-3-5-13(6-4-10-17)16(15)19-2/h3,5,7,14H,4,6,8-12,17H2,1-2H3. The van der Waals surface area contributed by atoms with Gasteiger partial charge >= 0.3 is 0 Å². The van der Waals surface area contributed by atoms with Crippen molar-refractivity contribution >= 4 is 0 Å². The number of rotatable bonds is 6. The van der Waals surface area contributed by atoms with Crippen LogP contribution in [-0.4, -0.2) is 44.8 Å². The number of methoxy groups -OCH3 is 1. The summed E-state index contributed by atoms with van der Waals surface area (Å²) >= 11 is 0. The Bertz CT molecular complexity index is 415. The Morgan fingerprint density at radius 1 is 1.30 bits per heavy atom. The predicted molar refractivity (Wildman–Crippen MR) is 81.5 cm³/mol. The molecule has 1 aliphatic heterocycles. The third-order valence-electron chi connectivity index (χ3n) is 3.87. The van der Waals surface area contributed by atoms with Gasteiger partial charge in [0, 0.05) is 13.1 Å². The number of para-hydroxylation sites is 1. The largest absolute Gasteiger partial charge is 0.493 e. The minimum Gasteiger partial charge on any atom is -0.493 e. The van der Waals surface area contributed by atoms with Gasteiger partial charge < -0.3 is 20.1 Å². The lowest BCUT2D eigenvalue weighted by Gasteiger charge is -2.30. The molecule has 0 radical (unpaired) electrons. The van der Waals surface area contributed by atoms with Crippen LogP contribution in [0.4, 0.5) is 0 Å².